The first kappa shape index (κ1) is 22.6. The van der Waals surface area contributed by atoms with Gasteiger partial charge in [-0.05, 0) is 57.3 Å². The summed E-state index contributed by atoms with van der Waals surface area (Å²) in [6, 6.07) is 14.0. The van der Waals surface area contributed by atoms with Gasteiger partial charge in [0, 0.05) is 18.7 Å². The van der Waals surface area contributed by atoms with Crippen LogP contribution in [0.3, 0.4) is 0 Å². The van der Waals surface area contributed by atoms with Crippen molar-refractivity contribution in [2.45, 2.75) is 26.3 Å². The maximum absolute atomic E-state index is 13.0. The largest absolute Gasteiger partial charge is 0.507 e. The number of ether oxygens (including phenoxy) is 1. The highest BCUT2D eigenvalue weighted by Crippen LogP contribution is 2.39. The van der Waals surface area contributed by atoms with Gasteiger partial charge in [-0.1, -0.05) is 36.8 Å². The number of carbonyl (C=O) groups is 2. The molecular formula is C25H30N2O4. The molecule has 1 aliphatic rings. The molecule has 0 aromatic heterocycles. The smallest absolute Gasteiger partial charge is 0.295 e. The molecule has 0 radical (unpaired) electrons. The summed E-state index contributed by atoms with van der Waals surface area (Å²) in [5, 5.41) is 11.1. The number of aliphatic hydroxyl groups excluding tert-OH is 1. The normalized spacial score (nSPS) is 18.1. The lowest BCUT2D eigenvalue weighted by Gasteiger charge is -2.26. The van der Waals surface area contributed by atoms with E-state index >= 15 is 0 Å². The summed E-state index contributed by atoms with van der Waals surface area (Å²) in [5.41, 5.74) is 2.43. The van der Waals surface area contributed by atoms with Gasteiger partial charge in [0.05, 0.1) is 18.2 Å². The van der Waals surface area contributed by atoms with Crippen molar-refractivity contribution in [1.82, 2.24) is 9.80 Å². The van der Waals surface area contributed by atoms with Crippen LogP contribution in [0.15, 0.2) is 54.1 Å². The van der Waals surface area contributed by atoms with Gasteiger partial charge >= 0.3 is 0 Å². The predicted octanol–water partition coefficient (Wildman–Crippen LogP) is 3.77. The second kappa shape index (κ2) is 9.79. The van der Waals surface area contributed by atoms with Gasteiger partial charge in [0.15, 0.2) is 0 Å². The number of rotatable bonds is 8. The Morgan fingerprint density at radius 3 is 2.45 bits per heavy atom. The Morgan fingerprint density at radius 2 is 1.84 bits per heavy atom. The SMILES string of the molecule is CCCOc1ccc(/C(O)=C2/C(=O)C(=O)N(CCN(C)C)C2c2cccc(C)c2)cc1. The van der Waals surface area contributed by atoms with E-state index in [1.54, 1.807) is 29.2 Å². The van der Waals surface area contributed by atoms with Crippen LogP contribution >= 0.6 is 0 Å². The fourth-order valence-electron chi connectivity index (χ4n) is 3.69. The molecular weight excluding hydrogens is 392 g/mol. The van der Waals surface area contributed by atoms with Crippen LogP contribution in [0.4, 0.5) is 0 Å². The first-order chi connectivity index (χ1) is 14.8. The Kier molecular flexibility index (Phi) is 7.13. The Bertz CT molecular complexity index is 979. The van der Waals surface area contributed by atoms with Gasteiger partial charge in [-0.15, -0.1) is 0 Å². The molecule has 164 valence electrons. The van der Waals surface area contributed by atoms with Gasteiger partial charge < -0.3 is 19.6 Å². The van der Waals surface area contributed by atoms with Crippen LogP contribution in [0.2, 0.25) is 0 Å². The molecule has 1 amide bonds. The Morgan fingerprint density at radius 1 is 1.13 bits per heavy atom. The zero-order valence-electron chi connectivity index (χ0n) is 18.6. The zero-order valence-corrected chi connectivity index (χ0v) is 18.6. The van der Waals surface area contributed by atoms with E-state index < -0.39 is 17.7 Å². The number of aliphatic hydroxyl groups is 1. The van der Waals surface area contributed by atoms with E-state index in [2.05, 4.69) is 0 Å². The average molecular weight is 423 g/mol. The van der Waals surface area contributed by atoms with Crippen molar-refractivity contribution in [3.05, 3.63) is 70.8 Å². The molecule has 0 aliphatic carbocycles. The number of nitrogens with zero attached hydrogens (tertiary/aromatic N) is 2. The monoisotopic (exact) mass is 422 g/mol. The van der Waals surface area contributed by atoms with E-state index in [0.717, 1.165) is 17.5 Å². The average Bonchev–Trinajstić information content (AvgIpc) is 3.01. The third-order valence-corrected chi connectivity index (χ3v) is 5.29. The van der Waals surface area contributed by atoms with Crippen molar-refractivity contribution in [2.75, 3.05) is 33.8 Å². The fourth-order valence-corrected chi connectivity index (χ4v) is 3.69. The summed E-state index contributed by atoms with van der Waals surface area (Å²) in [7, 11) is 3.83. The first-order valence-corrected chi connectivity index (χ1v) is 10.6. The number of aryl methyl sites for hydroxylation is 1. The van der Waals surface area contributed by atoms with Crippen LogP contribution in [0.1, 0.15) is 36.1 Å². The third-order valence-electron chi connectivity index (χ3n) is 5.29. The number of hydrogen-bond donors (Lipinski definition) is 1. The molecule has 1 atom stereocenters. The van der Waals surface area contributed by atoms with E-state index in [4.69, 9.17) is 4.74 Å². The maximum atomic E-state index is 13.0. The quantitative estimate of drug-likeness (QED) is 0.398. The fraction of sp³-hybridized carbons (Fsp3) is 0.360. The number of ketones is 1. The predicted molar refractivity (Wildman–Crippen MR) is 121 cm³/mol. The van der Waals surface area contributed by atoms with E-state index in [1.165, 1.54) is 0 Å². The van der Waals surface area contributed by atoms with Gasteiger partial charge in [-0.25, -0.2) is 0 Å². The minimum atomic E-state index is -0.658. The lowest BCUT2D eigenvalue weighted by Crippen LogP contribution is -2.35. The molecule has 1 unspecified atom stereocenters. The molecule has 1 heterocycles. The van der Waals surface area contributed by atoms with E-state index in [0.29, 0.717) is 31.0 Å². The Hall–Kier alpha value is -3.12. The topological polar surface area (TPSA) is 70.1 Å². The summed E-state index contributed by atoms with van der Waals surface area (Å²) in [6.45, 7) is 5.59. The van der Waals surface area contributed by atoms with Crippen LogP contribution in [-0.4, -0.2) is 60.4 Å². The minimum absolute atomic E-state index is 0.122. The van der Waals surface area contributed by atoms with Gasteiger partial charge in [0.2, 0.25) is 0 Å². The van der Waals surface area contributed by atoms with Gasteiger partial charge in [0.25, 0.3) is 11.7 Å². The second-order valence-corrected chi connectivity index (χ2v) is 8.08. The van der Waals surface area contributed by atoms with Gasteiger partial charge in [-0.2, -0.15) is 0 Å². The molecule has 3 rings (SSSR count). The highest BCUT2D eigenvalue weighted by atomic mass is 16.5. The molecule has 1 aliphatic heterocycles. The molecule has 1 fully saturated rings. The van der Waals surface area contributed by atoms with Gasteiger partial charge in [-0.3, -0.25) is 9.59 Å². The number of benzene rings is 2. The second-order valence-electron chi connectivity index (χ2n) is 8.08. The lowest BCUT2D eigenvalue weighted by molar-refractivity contribution is -0.140. The van der Waals surface area contributed by atoms with Crippen molar-refractivity contribution in [1.29, 1.82) is 0 Å². The van der Waals surface area contributed by atoms with E-state index in [-0.39, 0.29) is 11.3 Å². The molecule has 1 saturated heterocycles. The molecule has 0 bridgehead atoms. The van der Waals surface area contributed by atoms with Crippen molar-refractivity contribution in [3.8, 4) is 5.75 Å². The third kappa shape index (κ3) is 4.97. The molecule has 1 N–H and O–H groups in total. The highest BCUT2D eigenvalue weighted by molar-refractivity contribution is 6.46. The summed E-state index contributed by atoms with van der Waals surface area (Å²) < 4.78 is 5.60. The van der Waals surface area contributed by atoms with Crippen LogP contribution in [0, 0.1) is 6.92 Å². The zero-order chi connectivity index (χ0) is 22.5. The van der Waals surface area contributed by atoms with Crippen molar-refractivity contribution in [3.63, 3.8) is 0 Å². The van der Waals surface area contributed by atoms with Crippen molar-refractivity contribution in [2.24, 2.45) is 0 Å². The Balaban J connectivity index is 2.06. The maximum Gasteiger partial charge on any atom is 0.295 e. The molecule has 6 nitrogen and oxygen atoms in total. The van der Waals surface area contributed by atoms with Crippen LogP contribution in [-0.2, 0) is 9.59 Å². The number of likely N-dealkylation sites (N-methyl/N-ethyl adjacent to an activating group) is 1. The number of amides is 1. The number of hydrogen-bond acceptors (Lipinski definition) is 5. The number of Topliss-reactive ketones (excluding diaryl/α,β-unsaturated/α-hetero) is 1. The highest BCUT2D eigenvalue weighted by Gasteiger charge is 2.45. The minimum Gasteiger partial charge on any atom is -0.507 e. The van der Waals surface area contributed by atoms with E-state index in [1.807, 2.05) is 57.1 Å². The number of carbonyl (C=O) groups excluding carboxylic acids is 2. The molecule has 6 heteroatoms. The molecule has 0 saturated carbocycles. The molecule has 2 aromatic carbocycles. The molecule has 0 spiro atoms. The standard InChI is InChI=1S/C25H30N2O4/c1-5-15-31-20-11-9-18(10-12-20)23(28)21-22(19-8-6-7-17(2)16-19)27(14-13-26(3)4)25(30)24(21)29/h6-12,16,22,28H,5,13-15H2,1-4H3/b23-21-. The first-order valence-electron chi connectivity index (χ1n) is 10.6. The molecule has 31 heavy (non-hydrogen) atoms. The van der Waals surface area contributed by atoms with Gasteiger partial charge in [0.1, 0.15) is 11.5 Å². The Labute approximate surface area is 183 Å². The van der Waals surface area contributed by atoms with Crippen molar-refractivity contribution < 1.29 is 19.4 Å². The summed E-state index contributed by atoms with van der Waals surface area (Å²) >= 11 is 0. The summed E-state index contributed by atoms with van der Waals surface area (Å²) in [5.74, 6) is -0.716. The molecule has 2 aromatic rings. The summed E-state index contributed by atoms with van der Waals surface area (Å²) in [6.07, 6.45) is 0.897. The van der Waals surface area contributed by atoms with Crippen LogP contribution in [0.25, 0.3) is 5.76 Å². The number of likely N-dealkylation sites (tertiary alicyclic amines) is 1. The van der Waals surface area contributed by atoms with E-state index in [9.17, 15) is 14.7 Å². The van der Waals surface area contributed by atoms with Crippen LogP contribution < -0.4 is 4.74 Å². The van der Waals surface area contributed by atoms with Crippen molar-refractivity contribution >= 4 is 17.4 Å². The lowest BCUT2D eigenvalue weighted by atomic mass is 9.94. The van der Waals surface area contributed by atoms with Crippen LogP contribution in [0.5, 0.6) is 5.75 Å². The summed E-state index contributed by atoms with van der Waals surface area (Å²) in [4.78, 5) is 29.4.